The Labute approximate surface area is 300 Å². The van der Waals surface area contributed by atoms with Crippen molar-refractivity contribution in [1.29, 1.82) is 0 Å². The molecule has 0 saturated carbocycles. The molecular formula is C39H51Cl3SiTi. The monoisotopic (exact) mass is 700 g/mol. The van der Waals surface area contributed by atoms with E-state index >= 15 is 0 Å². The van der Waals surface area contributed by atoms with Crippen molar-refractivity contribution < 1.29 is 57.7 Å². The first-order valence-corrected chi connectivity index (χ1v) is 18.0. The van der Waals surface area contributed by atoms with E-state index in [4.69, 9.17) is 0 Å². The molecule has 1 unspecified atom stereocenters. The van der Waals surface area contributed by atoms with Gasteiger partial charge in [-0.2, -0.15) is 0 Å². The van der Waals surface area contributed by atoms with Gasteiger partial charge in [0, 0.05) is 0 Å². The molecule has 0 fully saturated rings. The second kappa shape index (κ2) is 14.0. The summed E-state index contributed by atoms with van der Waals surface area (Å²) in [5.74, 6) is 0. The first kappa shape index (κ1) is 41.0. The largest absolute Gasteiger partial charge is 1.00 e. The molecule has 0 aromatic heterocycles. The first-order valence-electron chi connectivity index (χ1n) is 15.2. The van der Waals surface area contributed by atoms with Gasteiger partial charge >= 0.3 is 265 Å². The Hall–Kier alpha value is -1.06. The molecule has 0 nitrogen and oxygen atoms in total. The molecule has 5 heteroatoms. The van der Waals surface area contributed by atoms with Crippen LogP contribution in [0.5, 0.6) is 0 Å². The van der Waals surface area contributed by atoms with Crippen molar-refractivity contribution in [3.8, 4) is 0 Å². The van der Waals surface area contributed by atoms with E-state index < -0.39 is 8.07 Å². The summed E-state index contributed by atoms with van der Waals surface area (Å²) in [6.07, 6.45) is 0. The topological polar surface area (TPSA) is 0 Å². The zero-order valence-electron chi connectivity index (χ0n) is 29.3. The zero-order chi connectivity index (χ0) is 30.9. The van der Waals surface area contributed by atoms with E-state index in [0.717, 1.165) is 0 Å². The van der Waals surface area contributed by atoms with Gasteiger partial charge in [0.1, 0.15) is 0 Å². The van der Waals surface area contributed by atoms with E-state index in [1.807, 2.05) is 0 Å². The van der Waals surface area contributed by atoms with Gasteiger partial charge in [0.15, 0.2) is 0 Å². The molecule has 1 atom stereocenters. The van der Waals surface area contributed by atoms with Gasteiger partial charge in [-0.3, -0.25) is 0 Å². The Bertz CT molecular complexity index is 1450. The maximum absolute atomic E-state index is 2.79. The normalized spacial score (nSPS) is 17.3. The van der Waals surface area contributed by atoms with Crippen molar-refractivity contribution >= 4 is 23.6 Å². The fourth-order valence-electron chi connectivity index (χ4n) is 7.33. The van der Waals surface area contributed by atoms with Crippen LogP contribution in [0.3, 0.4) is 0 Å². The minimum Gasteiger partial charge on any atom is -1.00 e. The van der Waals surface area contributed by atoms with Crippen molar-refractivity contribution in [2.75, 3.05) is 0 Å². The molecule has 0 radical (unpaired) electrons. The van der Waals surface area contributed by atoms with Crippen molar-refractivity contribution in [3.63, 3.8) is 0 Å². The summed E-state index contributed by atoms with van der Waals surface area (Å²) >= 11 is 2.43. The molecule has 1 aliphatic rings. The Morgan fingerprint density at radius 2 is 0.818 bits per heavy atom. The SMILES string of the molecule is CC1=C(C)C(C)([Si](c2cc(C)cc(C)c2)(c2cc(C)cc(C)c2)c2cc(C(C)(C)C)cc(C(C)(C)C)c2)[C]([Ti+3])=C1C.[Cl-].[Cl-].[Cl-]. The smallest absolute Gasteiger partial charge is 1.00 e. The fourth-order valence-corrected chi connectivity index (χ4v) is 15.4. The molecule has 4 rings (SSSR count). The van der Waals surface area contributed by atoms with Gasteiger partial charge in [-0.25, -0.2) is 0 Å². The predicted octanol–water partition coefficient (Wildman–Crippen LogP) is -0.0714. The summed E-state index contributed by atoms with van der Waals surface area (Å²) in [6.45, 7) is 33.1. The summed E-state index contributed by atoms with van der Waals surface area (Å²) < 4.78 is 1.54. The summed E-state index contributed by atoms with van der Waals surface area (Å²) in [4.78, 5) is 0. The van der Waals surface area contributed by atoms with E-state index in [1.54, 1.807) is 0 Å². The summed E-state index contributed by atoms with van der Waals surface area (Å²) in [5, 5.41) is 4.46. The Balaban J connectivity index is 0.00000323. The van der Waals surface area contributed by atoms with Crippen LogP contribution >= 0.6 is 0 Å². The third-order valence-electron chi connectivity index (χ3n) is 9.91. The standard InChI is InChI=1S/C39H51Si.3ClH.Ti/c1-25-15-26(2)18-34(17-25)40(35-19-27(3)16-28(4)20-35,39(14)24-29(5)30(6)31(39)7)36-22-32(37(8,9)10)21-33(23-36)38(11,12)13;;;;/h15-23H,1-14H3;3*1H;/q;;;;+3/p-3. The number of allylic oxidation sites excluding steroid dienone is 4. The quantitative estimate of drug-likeness (QED) is 0.264. The molecule has 3 aromatic carbocycles. The molecule has 1 aliphatic carbocycles. The van der Waals surface area contributed by atoms with Crippen molar-refractivity contribution in [3.05, 3.63) is 109 Å². The van der Waals surface area contributed by atoms with Crippen LogP contribution in [0.4, 0.5) is 0 Å². The third-order valence-corrected chi connectivity index (χ3v) is 17.3. The van der Waals surface area contributed by atoms with Crippen LogP contribution in [0.1, 0.15) is 103 Å². The maximum Gasteiger partial charge on any atom is -1.00 e. The van der Waals surface area contributed by atoms with Gasteiger partial charge < -0.3 is 37.2 Å². The van der Waals surface area contributed by atoms with E-state index in [-0.39, 0.29) is 53.1 Å². The van der Waals surface area contributed by atoms with Crippen molar-refractivity contribution in [2.45, 2.75) is 113 Å². The number of benzene rings is 3. The van der Waals surface area contributed by atoms with Gasteiger partial charge in [-0.05, 0) is 0 Å². The van der Waals surface area contributed by atoms with Crippen LogP contribution in [0.15, 0.2) is 75.2 Å². The van der Waals surface area contributed by atoms with Gasteiger partial charge in [-0.1, -0.05) is 0 Å². The third kappa shape index (κ3) is 6.81. The van der Waals surface area contributed by atoms with E-state index in [0.29, 0.717) is 0 Å². The molecule has 0 heterocycles. The predicted molar refractivity (Wildman–Crippen MR) is 180 cm³/mol. The molecule has 3 aromatic rings. The first-order chi connectivity index (χ1) is 18.7. The Morgan fingerprint density at radius 1 is 0.500 bits per heavy atom. The molecule has 236 valence electrons. The van der Waals surface area contributed by atoms with Crippen molar-refractivity contribution in [1.82, 2.24) is 0 Å². The van der Waals surface area contributed by atoms with Crippen LogP contribution < -0.4 is 52.8 Å². The van der Waals surface area contributed by atoms with E-state index in [9.17, 15) is 0 Å². The minimum atomic E-state index is -2.79. The van der Waals surface area contributed by atoms with Crippen LogP contribution in [0.2, 0.25) is 5.04 Å². The fraction of sp³-hybridized carbons (Fsp3) is 0.436. The van der Waals surface area contributed by atoms with Gasteiger partial charge in [0.2, 0.25) is 0 Å². The molecule has 0 bridgehead atoms. The van der Waals surface area contributed by atoms with Crippen LogP contribution in [-0.2, 0) is 31.3 Å². The van der Waals surface area contributed by atoms with Crippen LogP contribution in [-0.4, -0.2) is 8.07 Å². The van der Waals surface area contributed by atoms with E-state index in [2.05, 4.69) is 172 Å². The average molecular weight is 702 g/mol. The summed E-state index contributed by atoms with van der Waals surface area (Å²) in [6, 6.07) is 22.5. The van der Waals surface area contributed by atoms with Crippen molar-refractivity contribution in [2.24, 2.45) is 0 Å². The molecule has 0 amide bonds. The second-order valence-electron chi connectivity index (χ2n) is 15.2. The van der Waals surface area contributed by atoms with E-state index in [1.165, 1.54) is 69.5 Å². The van der Waals surface area contributed by atoms with Gasteiger partial charge in [0.05, 0.1) is 0 Å². The van der Waals surface area contributed by atoms with Gasteiger partial charge in [-0.15, -0.1) is 0 Å². The average Bonchev–Trinajstić information content (AvgIpc) is 2.98. The molecule has 0 spiro atoms. The Morgan fingerprint density at radius 3 is 1.09 bits per heavy atom. The molecular weight excluding hydrogens is 651 g/mol. The molecule has 0 aliphatic heterocycles. The number of halogens is 3. The number of rotatable bonds is 4. The minimum absolute atomic E-state index is 0. The second-order valence-corrected chi connectivity index (χ2v) is 20.2. The number of hydrogen-bond acceptors (Lipinski definition) is 0. The van der Waals surface area contributed by atoms with Crippen LogP contribution in [0, 0.1) is 27.7 Å². The number of hydrogen-bond donors (Lipinski definition) is 0. The summed E-state index contributed by atoms with van der Waals surface area (Å²) in [7, 11) is -2.79. The molecule has 44 heavy (non-hydrogen) atoms. The number of aryl methyl sites for hydroxylation is 4. The van der Waals surface area contributed by atoms with Crippen LogP contribution in [0.25, 0.3) is 0 Å². The summed E-state index contributed by atoms with van der Waals surface area (Å²) in [5.41, 5.74) is 12.8. The maximum atomic E-state index is 2.62. The van der Waals surface area contributed by atoms with Gasteiger partial charge in [0.25, 0.3) is 0 Å². The molecule has 0 saturated heterocycles. The Kier molecular flexibility index (Phi) is 13.0. The molecule has 0 N–H and O–H groups in total. The zero-order valence-corrected chi connectivity index (χ0v) is 34.2.